The molecule has 1 aromatic carbocycles. The van der Waals surface area contributed by atoms with Crippen LogP contribution >= 0.6 is 0 Å². The minimum Gasteiger partial charge on any atom is -0.492 e. The Labute approximate surface area is 126 Å². The number of carbonyl (C=O) groups is 1. The number of carboxylic acid groups (broad SMARTS) is 1. The number of para-hydroxylation sites is 1. The first-order chi connectivity index (χ1) is 9.99. The van der Waals surface area contributed by atoms with Crippen molar-refractivity contribution in [2.75, 3.05) is 19.7 Å². The first kappa shape index (κ1) is 15.8. The van der Waals surface area contributed by atoms with Gasteiger partial charge >= 0.3 is 5.97 Å². The summed E-state index contributed by atoms with van der Waals surface area (Å²) >= 11 is 0. The third kappa shape index (κ3) is 4.46. The molecule has 0 unspecified atom stereocenters. The predicted octanol–water partition coefficient (Wildman–Crippen LogP) is 3.16. The van der Waals surface area contributed by atoms with E-state index >= 15 is 0 Å². The molecule has 1 N–H and O–H groups in total. The lowest BCUT2D eigenvalue weighted by atomic mass is 9.87. The Morgan fingerprint density at radius 1 is 1.33 bits per heavy atom. The van der Waals surface area contributed by atoms with E-state index in [1.165, 1.54) is 5.56 Å². The zero-order valence-corrected chi connectivity index (χ0v) is 13.0. The summed E-state index contributed by atoms with van der Waals surface area (Å²) < 4.78 is 5.75. The van der Waals surface area contributed by atoms with E-state index in [2.05, 4.69) is 11.0 Å². The molecule has 0 saturated carbocycles. The van der Waals surface area contributed by atoms with Crippen LogP contribution in [0.15, 0.2) is 24.3 Å². The topological polar surface area (TPSA) is 49.8 Å². The van der Waals surface area contributed by atoms with Gasteiger partial charge in [-0.05, 0) is 39.3 Å². The molecule has 4 nitrogen and oxygen atoms in total. The van der Waals surface area contributed by atoms with Crippen LogP contribution in [0, 0.1) is 5.41 Å². The molecule has 1 heterocycles. The zero-order valence-electron chi connectivity index (χ0n) is 13.0. The number of carboxylic acids is 1. The minimum atomic E-state index is -0.709. The molecule has 1 aromatic rings. The largest absolute Gasteiger partial charge is 0.492 e. The molecule has 0 bridgehead atoms. The maximum absolute atomic E-state index is 11.1. The van der Waals surface area contributed by atoms with Crippen molar-refractivity contribution in [3.8, 4) is 5.75 Å². The zero-order chi connectivity index (χ0) is 15.3. The van der Waals surface area contributed by atoms with E-state index in [9.17, 15) is 4.79 Å². The SMILES string of the molecule is CC(C)(CCCCN1CCOc2ccccc2C1)C(=O)O. The van der Waals surface area contributed by atoms with Gasteiger partial charge in [0.05, 0.1) is 5.41 Å². The first-order valence-electron chi connectivity index (χ1n) is 7.65. The Kier molecular flexibility index (Phi) is 5.23. The second-order valence-corrected chi connectivity index (χ2v) is 6.38. The highest BCUT2D eigenvalue weighted by Gasteiger charge is 2.26. The number of rotatable bonds is 6. The van der Waals surface area contributed by atoms with Gasteiger partial charge in [0, 0.05) is 18.7 Å². The summed E-state index contributed by atoms with van der Waals surface area (Å²) in [6.45, 7) is 7.15. The van der Waals surface area contributed by atoms with Crippen LogP contribution in [0.2, 0.25) is 0 Å². The number of fused-ring (bicyclic) bond motifs is 1. The van der Waals surface area contributed by atoms with Crippen molar-refractivity contribution in [3.05, 3.63) is 29.8 Å². The number of benzene rings is 1. The van der Waals surface area contributed by atoms with Crippen molar-refractivity contribution < 1.29 is 14.6 Å². The first-order valence-corrected chi connectivity index (χ1v) is 7.65. The summed E-state index contributed by atoms with van der Waals surface area (Å²) in [5, 5.41) is 9.11. The molecule has 0 radical (unpaired) electrons. The fraction of sp³-hybridized carbons (Fsp3) is 0.588. The molecule has 2 rings (SSSR count). The monoisotopic (exact) mass is 291 g/mol. The summed E-state index contributed by atoms with van der Waals surface area (Å²) in [5.74, 6) is 0.284. The molecular weight excluding hydrogens is 266 g/mol. The lowest BCUT2D eigenvalue weighted by Crippen LogP contribution is -2.28. The van der Waals surface area contributed by atoms with E-state index in [0.717, 1.165) is 51.3 Å². The molecule has 116 valence electrons. The molecular formula is C17H25NO3. The van der Waals surface area contributed by atoms with Crippen molar-refractivity contribution >= 4 is 5.97 Å². The van der Waals surface area contributed by atoms with E-state index < -0.39 is 11.4 Å². The molecule has 0 atom stereocenters. The van der Waals surface area contributed by atoms with E-state index in [0.29, 0.717) is 0 Å². The van der Waals surface area contributed by atoms with Crippen molar-refractivity contribution in [1.82, 2.24) is 4.90 Å². The quantitative estimate of drug-likeness (QED) is 0.818. The Hall–Kier alpha value is -1.55. The molecule has 21 heavy (non-hydrogen) atoms. The molecule has 0 saturated heterocycles. The number of ether oxygens (including phenoxy) is 1. The van der Waals surface area contributed by atoms with Crippen LogP contribution < -0.4 is 4.74 Å². The maximum Gasteiger partial charge on any atom is 0.309 e. The van der Waals surface area contributed by atoms with Crippen LogP contribution in [-0.4, -0.2) is 35.7 Å². The molecule has 1 aliphatic heterocycles. The summed E-state index contributed by atoms with van der Waals surface area (Å²) in [7, 11) is 0. The van der Waals surface area contributed by atoms with Crippen LogP contribution in [0.5, 0.6) is 5.75 Å². The molecule has 0 spiro atoms. The van der Waals surface area contributed by atoms with Crippen LogP contribution in [0.4, 0.5) is 0 Å². The molecule has 0 aliphatic carbocycles. The number of hydrogen-bond acceptors (Lipinski definition) is 3. The maximum atomic E-state index is 11.1. The second kappa shape index (κ2) is 6.94. The molecule has 0 aromatic heterocycles. The molecule has 0 amide bonds. The van der Waals surface area contributed by atoms with Gasteiger partial charge in [-0.15, -0.1) is 0 Å². The highest BCUT2D eigenvalue weighted by atomic mass is 16.5. The Bertz CT molecular complexity index is 485. The van der Waals surface area contributed by atoms with E-state index in [-0.39, 0.29) is 0 Å². The van der Waals surface area contributed by atoms with Crippen molar-refractivity contribution in [2.45, 2.75) is 39.7 Å². The van der Waals surface area contributed by atoms with E-state index in [1.807, 2.05) is 18.2 Å². The average molecular weight is 291 g/mol. The lowest BCUT2D eigenvalue weighted by Gasteiger charge is -2.21. The normalized spacial score (nSPS) is 15.9. The van der Waals surface area contributed by atoms with Crippen molar-refractivity contribution in [1.29, 1.82) is 0 Å². The predicted molar refractivity (Wildman–Crippen MR) is 82.5 cm³/mol. The lowest BCUT2D eigenvalue weighted by molar-refractivity contribution is -0.147. The second-order valence-electron chi connectivity index (χ2n) is 6.38. The molecule has 1 aliphatic rings. The summed E-state index contributed by atoms with van der Waals surface area (Å²) in [6, 6.07) is 8.18. The van der Waals surface area contributed by atoms with Gasteiger partial charge in [0.1, 0.15) is 12.4 Å². The fourth-order valence-electron chi connectivity index (χ4n) is 2.58. The Balaban J connectivity index is 1.78. The van der Waals surface area contributed by atoms with Crippen LogP contribution in [-0.2, 0) is 11.3 Å². The van der Waals surface area contributed by atoms with Gasteiger partial charge in [0.2, 0.25) is 0 Å². The van der Waals surface area contributed by atoms with Gasteiger partial charge < -0.3 is 9.84 Å². The smallest absolute Gasteiger partial charge is 0.309 e. The Morgan fingerprint density at radius 2 is 2.10 bits per heavy atom. The number of hydrogen-bond donors (Lipinski definition) is 1. The van der Waals surface area contributed by atoms with Crippen molar-refractivity contribution in [3.63, 3.8) is 0 Å². The summed E-state index contributed by atoms with van der Waals surface area (Å²) in [6.07, 6.45) is 2.69. The van der Waals surface area contributed by atoms with Gasteiger partial charge in [-0.2, -0.15) is 0 Å². The molecule has 4 heteroatoms. The number of nitrogens with zero attached hydrogens (tertiary/aromatic N) is 1. The van der Waals surface area contributed by atoms with Gasteiger partial charge in [0.25, 0.3) is 0 Å². The standard InChI is InChI=1S/C17H25NO3/c1-17(2,16(19)20)9-5-6-10-18-11-12-21-15-8-4-3-7-14(15)13-18/h3-4,7-8H,5-6,9-13H2,1-2H3,(H,19,20). The van der Waals surface area contributed by atoms with Crippen LogP contribution in [0.25, 0.3) is 0 Å². The van der Waals surface area contributed by atoms with E-state index in [4.69, 9.17) is 9.84 Å². The number of aliphatic carboxylic acids is 1. The molecule has 0 fully saturated rings. The minimum absolute atomic E-state index is 0.617. The van der Waals surface area contributed by atoms with Gasteiger partial charge in [-0.1, -0.05) is 24.6 Å². The number of unbranched alkanes of at least 4 members (excludes halogenated alkanes) is 1. The van der Waals surface area contributed by atoms with Crippen molar-refractivity contribution in [2.24, 2.45) is 5.41 Å². The Morgan fingerprint density at radius 3 is 2.86 bits per heavy atom. The van der Waals surface area contributed by atoms with E-state index in [1.54, 1.807) is 13.8 Å². The van der Waals surface area contributed by atoms with Gasteiger partial charge in [-0.25, -0.2) is 0 Å². The fourth-order valence-corrected chi connectivity index (χ4v) is 2.58. The highest BCUT2D eigenvalue weighted by Crippen LogP contribution is 2.25. The highest BCUT2D eigenvalue weighted by molar-refractivity contribution is 5.73. The average Bonchev–Trinajstić information content (AvgIpc) is 2.65. The van der Waals surface area contributed by atoms with Gasteiger partial charge in [-0.3, -0.25) is 9.69 Å². The van der Waals surface area contributed by atoms with Crippen LogP contribution in [0.1, 0.15) is 38.7 Å². The summed E-state index contributed by atoms with van der Waals surface area (Å²) in [4.78, 5) is 13.5. The third-order valence-electron chi connectivity index (χ3n) is 4.14. The van der Waals surface area contributed by atoms with Crippen LogP contribution in [0.3, 0.4) is 0 Å². The summed E-state index contributed by atoms with van der Waals surface area (Å²) in [5.41, 5.74) is 0.620. The van der Waals surface area contributed by atoms with Gasteiger partial charge in [0.15, 0.2) is 0 Å². The third-order valence-corrected chi connectivity index (χ3v) is 4.14.